The van der Waals surface area contributed by atoms with Gasteiger partial charge in [0, 0.05) is 38.8 Å². The number of carbonyl (C=O) groups is 2. The molecule has 2 atom stereocenters. The number of pyridine rings is 1. The fourth-order valence-electron chi connectivity index (χ4n) is 3.71. The summed E-state index contributed by atoms with van der Waals surface area (Å²) in [6.45, 7) is 2.57. The van der Waals surface area contributed by atoms with E-state index in [1.807, 2.05) is 48.5 Å². The Labute approximate surface area is 152 Å². The van der Waals surface area contributed by atoms with Gasteiger partial charge in [0.1, 0.15) is 12.1 Å². The number of nitrogens with one attached hydrogen (secondary N) is 1. The number of aromatic nitrogens is 1. The maximum Gasteiger partial charge on any atom is 0.246 e. The van der Waals surface area contributed by atoms with Gasteiger partial charge in [0.05, 0.1) is 5.69 Å². The molecule has 0 unspecified atom stereocenters. The van der Waals surface area contributed by atoms with Crippen LogP contribution in [0, 0.1) is 0 Å². The lowest BCUT2D eigenvalue weighted by Crippen LogP contribution is -2.69. The number of benzene rings is 1. The van der Waals surface area contributed by atoms with E-state index < -0.39 is 12.1 Å². The number of fused-ring (bicyclic) bond motifs is 1. The lowest BCUT2D eigenvalue weighted by atomic mass is 9.98. The molecule has 1 aromatic carbocycles. The molecule has 0 aliphatic carbocycles. The molecule has 2 aliphatic heterocycles. The van der Waals surface area contributed by atoms with E-state index in [4.69, 9.17) is 0 Å². The van der Waals surface area contributed by atoms with Crippen LogP contribution in [-0.4, -0.2) is 58.3 Å². The van der Waals surface area contributed by atoms with E-state index in [1.165, 1.54) is 0 Å². The molecule has 1 aromatic heterocycles. The van der Waals surface area contributed by atoms with E-state index >= 15 is 0 Å². The Morgan fingerprint density at radius 3 is 2.62 bits per heavy atom. The Morgan fingerprint density at radius 2 is 1.85 bits per heavy atom. The third kappa shape index (κ3) is 3.46. The van der Waals surface area contributed by atoms with Crippen molar-refractivity contribution in [2.24, 2.45) is 0 Å². The molecule has 2 saturated heterocycles. The minimum Gasteiger partial charge on any atom is -0.342 e. The van der Waals surface area contributed by atoms with Gasteiger partial charge in [-0.1, -0.05) is 36.4 Å². The van der Waals surface area contributed by atoms with Crippen LogP contribution in [0.3, 0.4) is 0 Å². The Morgan fingerprint density at radius 1 is 1.04 bits per heavy atom. The molecule has 2 aromatic rings. The summed E-state index contributed by atoms with van der Waals surface area (Å²) in [5.41, 5.74) is 2.03. The molecule has 0 bridgehead atoms. The minimum atomic E-state index is -0.469. The van der Waals surface area contributed by atoms with Crippen molar-refractivity contribution in [3.8, 4) is 0 Å². The third-order valence-corrected chi connectivity index (χ3v) is 5.06. The molecule has 2 amide bonds. The summed E-state index contributed by atoms with van der Waals surface area (Å²) in [4.78, 5) is 33.8. The SMILES string of the molecule is O=C1N[C@H](Cc2ccccc2)C(=O)N2CCN(Cc3ccccn3)C[C@H]12. The van der Waals surface area contributed by atoms with Crippen LogP contribution < -0.4 is 5.32 Å². The zero-order valence-corrected chi connectivity index (χ0v) is 14.5. The molecule has 3 heterocycles. The molecule has 2 fully saturated rings. The van der Waals surface area contributed by atoms with E-state index in [2.05, 4.69) is 15.2 Å². The molecule has 0 saturated carbocycles. The monoisotopic (exact) mass is 350 g/mol. The first kappa shape index (κ1) is 16.7. The number of hydrogen-bond acceptors (Lipinski definition) is 4. The lowest BCUT2D eigenvalue weighted by molar-refractivity contribution is -0.153. The van der Waals surface area contributed by atoms with Crippen LogP contribution in [0.4, 0.5) is 0 Å². The number of carbonyl (C=O) groups excluding carboxylic acids is 2. The van der Waals surface area contributed by atoms with E-state index in [0.717, 1.165) is 17.8 Å². The van der Waals surface area contributed by atoms with Gasteiger partial charge in [-0.15, -0.1) is 0 Å². The quantitative estimate of drug-likeness (QED) is 0.887. The highest BCUT2D eigenvalue weighted by atomic mass is 16.2. The van der Waals surface area contributed by atoms with Gasteiger partial charge < -0.3 is 10.2 Å². The van der Waals surface area contributed by atoms with Crippen molar-refractivity contribution < 1.29 is 9.59 Å². The van der Waals surface area contributed by atoms with Crippen LogP contribution in [0.5, 0.6) is 0 Å². The Hall–Kier alpha value is -2.73. The van der Waals surface area contributed by atoms with Crippen LogP contribution in [0.15, 0.2) is 54.7 Å². The molecule has 134 valence electrons. The topological polar surface area (TPSA) is 65.5 Å². The molecular formula is C20H22N4O2. The number of amides is 2. The highest BCUT2D eigenvalue weighted by Gasteiger charge is 2.43. The fourth-order valence-corrected chi connectivity index (χ4v) is 3.71. The minimum absolute atomic E-state index is 0.0240. The summed E-state index contributed by atoms with van der Waals surface area (Å²) >= 11 is 0. The molecular weight excluding hydrogens is 328 g/mol. The van der Waals surface area contributed by atoms with Gasteiger partial charge in [0.25, 0.3) is 0 Å². The number of rotatable bonds is 4. The first-order valence-corrected chi connectivity index (χ1v) is 8.98. The van der Waals surface area contributed by atoms with Crippen LogP contribution in [0.1, 0.15) is 11.3 Å². The van der Waals surface area contributed by atoms with Gasteiger partial charge in [-0.3, -0.25) is 19.5 Å². The van der Waals surface area contributed by atoms with E-state index in [-0.39, 0.29) is 11.8 Å². The Kier molecular flexibility index (Phi) is 4.67. The van der Waals surface area contributed by atoms with E-state index in [1.54, 1.807) is 11.1 Å². The Balaban J connectivity index is 1.42. The van der Waals surface area contributed by atoms with Crippen LogP contribution in [0.2, 0.25) is 0 Å². The van der Waals surface area contributed by atoms with Gasteiger partial charge in [-0.25, -0.2) is 0 Å². The van der Waals surface area contributed by atoms with Crippen LogP contribution in [-0.2, 0) is 22.6 Å². The third-order valence-electron chi connectivity index (χ3n) is 5.06. The molecule has 2 aliphatic rings. The van der Waals surface area contributed by atoms with Gasteiger partial charge in [0.2, 0.25) is 11.8 Å². The second-order valence-corrected chi connectivity index (χ2v) is 6.85. The van der Waals surface area contributed by atoms with Crippen LogP contribution in [0.25, 0.3) is 0 Å². The summed E-state index contributed by atoms with van der Waals surface area (Å²) in [6.07, 6.45) is 2.31. The van der Waals surface area contributed by atoms with Crippen molar-refractivity contribution in [2.75, 3.05) is 19.6 Å². The first-order valence-electron chi connectivity index (χ1n) is 8.98. The Bertz CT molecular complexity index is 781. The lowest BCUT2D eigenvalue weighted by Gasteiger charge is -2.45. The average molecular weight is 350 g/mol. The standard InChI is InChI=1S/C20H22N4O2/c25-19-18-14-23(13-16-8-4-5-9-21-16)10-11-24(18)20(26)17(22-19)12-15-6-2-1-3-7-15/h1-9,17-18H,10-14H2,(H,22,25)/t17-,18-/m1/s1. The van der Waals surface area contributed by atoms with E-state index in [9.17, 15) is 9.59 Å². The van der Waals surface area contributed by atoms with Gasteiger partial charge >= 0.3 is 0 Å². The van der Waals surface area contributed by atoms with Crippen molar-refractivity contribution in [3.05, 3.63) is 66.0 Å². The highest BCUT2D eigenvalue weighted by Crippen LogP contribution is 2.19. The van der Waals surface area contributed by atoms with Gasteiger partial charge in [0.15, 0.2) is 0 Å². The van der Waals surface area contributed by atoms with Gasteiger partial charge in [-0.05, 0) is 17.7 Å². The summed E-state index contributed by atoms with van der Waals surface area (Å²) in [6, 6.07) is 14.8. The number of piperazine rings is 2. The summed E-state index contributed by atoms with van der Waals surface area (Å²) < 4.78 is 0. The maximum absolute atomic E-state index is 12.9. The average Bonchev–Trinajstić information content (AvgIpc) is 2.67. The fraction of sp³-hybridized carbons (Fsp3) is 0.350. The van der Waals surface area contributed by atoms with Gasteiger partial charge in [-0.2, -0.15) is 0 Å². The van der Waals surface area contributed by atoms with Crippen molar-refractivity contribution in [1.82, 2.24) is 20.1 Å². The van der Waals surface area contributed by atoms with Crippen LogP contribution >= 0.6 is 0 Å². The summed E-state index contributed by atoms with van der Waals surface area (Å²) in [5, 5.41) is 2.93. The van der Waals surface area contributed by atoms with Crippen molar-refractivity contribution in [3.63, 3.8) is 0 Å². The smallest absolute Gasteiger partial charge is 0.246 e. The molecule has 4 rings (SSSR count). The van der Waals surface area contributed by atoms with Crippen molar-refractivity contribution in [2.45, 2.75) is 25.0 Å². The summed E-state index contributed by atoms with van der Waals surface area (Å²) in [5.74, 6) is -0.0350. The number of hydrogen-bond donors (Lipinski definition) is 1. The molecule has 0 spiro atoms. The summed E-state index contributed by atoms with van der Waals surface area (Å²) in [7, 11) is 0. The zero-order chi connectivity index (χ0) is 17.9. The highest BCUT2D eigenvalue weighted by molar-refractivity contribution is 5.97. The first-order chi connectivity index (χ1) is 12.7. The second-order valence-electron chi connectivity index (χ2n) is 6.85. The largest absolute Gasteiger partial charge is 0.342 e. The maximum atomic E-state index is 12.9. The normalized spacial score (nSPS) is 23.5. The van der Waals surface area contributed by atoms with Crippen molar-refractivity contribution in [1.29, 1.82) is 0 Å². The molecule has 1 N–H and O–H groups in total. The molecule has 6 heteroatoms. The zero-order valence-electron chi connectivity index (χ0n) is 14.5. The second kappa shape index (κ2) is 7.25. The predicted molar refractivity (Wildman–Crippen MR) is 97.1 cm³/mol. The van der Waals surface area contributed by atoms with Crippen molar-refractivity contribution >= 4 is 11.8 Å². The predicted octanol–water partition coefficient (Wildman–Crippen LogP) is 0.835. The number of nitrogens with zero attached hydrogens (tertiary/aromatic N) is 3. The molecule has 6 nitrogen and oxygen atoms in total. The molecule has 26 heavy (non-hydrogen) atoms. The molecule has 0 radical (unpaired) electrons. The van der Waals surface area contributed by atoms with E-state index in [0.29, 0.717) is 26.1 Å².